The summed E-state index contributed by atoms with van der Waals surface area (Å²) in [6.45, 7) is 5.02. The standard InChI is InChI=1S/C31H34N2O5/c1-22(34)37-28-12-9-25(10-13-28)29-14-11-26(21-30(29)38-23(2)35)31(36)33-19-16-27(17-20-33)32(3)18-15-24-7-5-4-6-8-24/h4-14,21,27H,15-20H2,1-3H3. The van der Waals surface area contributed by atoms with Gasteiger partial charge >= 0.3 is 11.9 Å². The van der Waals surface area contributed by atoms with E-state index in [-0.39, 0.29) is 5.91 Å². The maximum Gasteiger partial charge on any atom is 0.308 e. The molecule has 1 aliphatic rings. The molecule has 1 heterocycles. The highest BCUT2D eigenvalue weighted by atomic mass is 16.5. The minimum Gasteiger partial charge on any atom is -0.427 e. The van der Waals surface area contributed by atoms with Gasteiger partial charge in [0.15, 0.2) is 0 Å². The van der Waals surface area contributed by atoms with Crippen molar-refractivity contribution in [2.45, 2.75) is 39.2 Å². The van der Waals surface area contributed by atoms with Gasteiger partial charge in [-0.15, -0.1) is 0 Å². The fourth-order valence-corrected chi connectivity index (χ4v) is 4.83. The lowest BCUT2D eigenvalue weighted by Gasteiger charge is -2.37. The summed E-state index contributed by atoms with van der Waals surface area (Å²) in [4.78, 5) is 40.6. The molecule has 1 saturated heterocycles. The van der Waals surface area contributed by atoms with E-state index in [0.29, 0.717) is 41.8 Å². The van der Waals surface area contributed by atoms with Crippen LogP contribution in [0.1, 0.15) is 42.6 Å². The van der Waals surface area contributed by atoms with E-state index in [0.717, 1.165) is 31.4 Å². The molecule has 1 amide bonds. The minimum atomic E-state index is -0.466. The smallest absolute Gasteiger partial charge is 0.308 e. The Balaban J connectivity index is 1.41. The van der Waals surface area contributed by atoms with Gasteiger partial charge in [-0.25, -0.2) is 0 Å². The lowest BCUT2D eigenvalue weighted by Crippen LogP contribution is -2.46. The highest BCUT2D eigenvalue weighted by molar-refractivity contribution is 5.96. The molecule has 0 radical (unpaired) electrons. The van der Waals surface area contributed by atoms with Gasteiger partial charge in [-0.2, -0.15) is 0 Å². The third-order valence-corrected chi connectivity index (χ3v) is 6.88. The number of nitrogens with zero attached hydrogens (tertiary/aromatic N) is 2. The molecule has 3 aromatic carbocycles. The second kappa shape index (κ2) is 12.5. The summed E-state index contributed by atoms with van der Waals surface area (Å²) >= 11 is 0. The average Bonchev–Trinajstić information content (AvgIpc) is 2.92. The number of carbonyl (C=O) groups excluding carboxylic acids is 3. The maximum atomic E-state index is 13.3. The average molecular weight is 515 g/mol. The number of carbonyl (C=O) groups is 3. The normalized spacial score (nSPS) is 13.8. The number of benzene rings is 3. The number of hydrogen-bond donors (Lipinski definition) is 0. The summed E-state index contributed by atoms with van der Waals surface area (Å²) in [6, 6.07) is 23.0. The van der Waals surface area contributed by atoms with Crippen molar-refractivity contribution < 1.29 is 23.9 Å². The van der Waals surface area contributed by atoms with E-state index in [1.54, 1.807) is 42.5 Å². The van der Waals surface area contributed by atoms with Crippen LogP contribution in [0, 0.1) is 0 Å². The highest BCUT2D eigenvalue weighted by Gasteiger charge is 2.26. The Bertz CT molecular complexity index is 1270. The second-order valence-electron chi connectivity index (χ2n) is 9.66. The van der Waals surface area contributed by atoms with Crippen LogP contribution in [0.4, 0.5) is 0 Å². The van der Waals surface area contributed by atoms with E-state index in [4.69, 9.17) is 9.47 Å². The number of piperidine rings is 1. The van der Waals surface area contributed by atoms with E-state index in [9.17, 15) is 14.4 Å². The number of rotatable bonds is 8. The Labute approximate surface area is 224 Å². The van der Waals surface area contributed by atoms with E-state index in [2.05, 4.69) is 36.2 Å². The fraction of sp³-hybridized carbons (Fsp3) is 0.323. The van der Waals surface area contributed by atoms with Gasteiger partial charge < -0.3 is 19.3 Å². The molecule has 3 aromatic rings. The molecule has 198 valence electrons. The Kier molecular flexibility index (Phi) is 8.92. The van der Waals surface area contributed by atoms with Crippen molar-refractivity contribution in [3.8, 4) is 22.6 Å². The van der Waals surface area contributed by atoms with Crippen molar-refractivity contribution >= 4 is 17.8 Å². The molecule has 0 aliphatic carbocycles. The van der Waals surface area contributed by atoms with Crippen LogP contribution in [-0.2, 0) is 16.0 Å². The first-order valence-electron chi connectivity index (χ1n) is 12.9. The molecule has 1 fully saturated rings. The molecule has 0 spiro atoms. The maximum absolute atomic E-state index is 13.3. The molecule has 0 saturated carbocycles. The molecule has 0 aromatic heterocycles. The predicted octanol–water partition coefficient (Wildman–Crippen LogP) is 4.98. The first kappa shape index (κ1) is 27.1. The summed E-state index contributed by atoms with van der Waals surface area (Å²) in [5, 5.41) is 0. The van der Waals surface area contributed by atoms with Gasteiger partial charge in [-0.3, -0.25) is 14.4 Å². The molecular formula is C31H34N2O5. The summed E-state index contributed by atoms with van der Waals surface area (Å²) < 4.78 is 10.6. The van der Waals surface area contributed by atoms with Crippen molar-refractivity contribution in [2.75, 3.05) is 26.7 Å². The third-order valence-electron chi connectivity index (χ3n) is 6.88. The molecule has 0 unspecified atom stereocenters. The largest absolute Gasteiger partial charge is 0.427 e. The molecule has 0 N–H and O–H groups in total. The molecular weight excluding hydrogens is 480 g/mol. The van der Waals surface area contributed by atoms with Crippen LogP contribution >= 0.6 is 0 Å². The number of likely N-dealkylation sites (N-methyl/N-ethyl adjacent to an activating group) is 1. The fourth-order valence-electron chi connectivity index (χ4n) is 4.83. The van der Waals surface area contributed by atoms with Crippen LogP contribution in [0.2, 0.25) is 0 Å². The third kappa shape index (κ3) is 7.07. The zero-order valence-corrected chi connectivity index (χ0v) is 22.2. The number of esters is 2. The quantitative estimate of drug-likeness (QED) is 0.312. The zero-order chi connectivity index (χ0) is 27.1. The topological polar surface area (TPSA) is 76.2 Å². The predicted molar refractivity (Wildman–Crippen MR) is 146 cm³/mol. The first-order valence-corrected chi connectivity index (χ1v) is 12.9. The molecule has 7 nitrogen and oxygen atoms in total. The van der Waals surface area contributed by atoms with Crippen LogP contribution < -0.4 is 9.47 Å². The number of ether oxygens (including phenoxy) is 2. The second-order valence-corrected chi connectivity index (χ2v) is 9.66. The van der Waals surface area contributed by atoms with Gasteiger partial charge in [0.05, 0.1) is 0 Å². The van der Waals surface area contributed by atoms with E-state index >= 15 is 0 Å². The molecule has 0 bridgehead atoms. The Morgan fingerprint density at radius 2 is 1.53 bits per heavy atom. The highest BCUT2D eigenvalue weighted by Crippen LogP contribution is 2.33. The molecule has 4 rings (SSSR count). The van der Waals surface area contributed by atoms with Crippen molar-refractivity contribution in [3.63, 3.8) is 0 Å². The van der Waals surface area contributed by atoms with E-state index in [1.165, 1.54) is 19.4 Å². The van der Waals surface area contributed by atoms with Gasteiger partial charge in [0.2, 0.25) is 0 Å². The molecule has 38 heavy (non-hydrogen) atoms. The van der Waals surface area contributed by atoms with Gasteiger partial charge in [-0.05, 0) is 67.8 Å². The van der Waals surface area contributed by atoms with Crippen molar-refractivity contribution in [3.05, 3.63) is 83.9 Å². The lowest BCUT2D eigenvalue weighted by molar-refractivity contribution is -0.132. The molecule has 7 heteroatoms. The Morgan fingerprint density at radius 1 is 0.868 bits per heavy atom. The molecule has 1 aliphatic heterocycles. The van der Waals surface area contributed by atoms with Crippen LogP contribution in [0.5, 0.6) is 11.5 Å². The van der Waals surface area contributed by atoms with Crippen molar-refractivity contribution in [2.24, 2.45) is 0 Å². The SMILES string of the molecule is CC(=O)Oc1ccc(-c2ccc(C(=O)N3CCC(N(C)CCc4ccccc4)CC3)cc2OC(C)=O)cc1. The van der Waals surface area contributed by atoms with Crippen molar-refractivity contribution in [1.82, 2.24) is 9.80 Å². The summed E-state index contributed by atoms with van der Waals surface area (Å²) in [6.07, 6.45) is 2.84. The van der Waals surface area contributed by atoms with Gasteiger partial charge in [0, 0.05) is 50.7 Å². The summed E-state index contributed by atoms with van der Waals surface area (Å²) in [5.74, 6) is -0.188. The Morgan fingerprint density at radius 3 is 2.16 bits per heavy atom. The van der Waals surface area contributed by atoms with Crippen LogP contribution in [0.15, 0.2) is 72.8 Å². The zero-order valence-electron chi connectivity index (χ0n) is 22.2. The van der Waals surface area contributed by atoms with Crippen LogP contribution in [0.25, 0.3) is 11.1 Å². The minimum absolute atomic E-state index is 0.0689. The van der Waals surface area contributed by atoms with Gasteiger partial charge in [0.1, 0.15) is 11.5 Å². The first-order chi connectivity index (χ1) is 18.3. The number of amides is 1. The van der Waals surface area contributed by atoms with Crippen LogP contribution in [0.3, 0.4) is 0 Å². The Hall–Kier alpha value is -3.97. The summed E-state index contributed by atoms with van der Waals surface area (Å²) in [7, 11) is 2.16. The monoisotopic (exact) mass is 514 g/mol. The molecule has 0 atom stereocenters. The van der Waals surface area contributed by atoms with Crippen LogP contribution in [-0.4, -0.2) is 60.4 Å². The van der Waals surface area contributed by atoms with Crippen molar-refractivity contribution in [1.29, 1.82) is 0 Å². The lowest BCUT2D eigenvalue weighted by atomic mass is 9.99. The number of hydrogen-bond acceptors (Lipinski definition) is 6. The summed E-state index contributed by atoms with van der Waals surface area (Å²) in [5.41, 5.74) is 3.26. The van der Waals surface area contributed by atoms with E-state index < -0.39 is 11.9 Å². The van der Waals surface area contributed by atoms with Gasteiger partial charge in [-0.1, -0.05) is 42.5 Å². The van der Waals surface area contributed by atoms with Gasteiger partial charge in [0.25, 0.3) is 5.91 Å². The van der Waals surface area contributed by atoms with E-state index in [1.807, 2.05) is 11.0 Å². The number of likely N-dealkylation sites (tertiary alicyclic amines) is 1.